The van der Waals surface area contributed by atoms with Crippen LogP contribution in [-0.4, -0.2) is 38.5 Å². The Kier molecular flexibility index (Phi) is 6.86. The third kappa shape index (κ3) is 5.34. The second-order valence-electron chi connectivity index (χ2n) is 8.28. The summed E-state index contributed by atoms with van der Waals surface area (Å²) in [6, 6.07) is 0. The number of rotatable bonds is 8. The number of ether oxygens (including phenoxy) is 2. The molecule has 168 valence electrons. The van der Waals surface area contributed by atoms with Crippen LogP contribution in [0, 0.1) is 6.92 Å². The van der Waals surface area contributed by atoms with Crippen LogP contribution in [-0.2, 0) is 29.0 Å². The first-order chi connectivity index (χ1) is 14.6. The van der Waals surface area contributed by atoms with Crippen molar-refractivity contribution in [1.82, 2.24) is 19.7 Å². The molecule has 0 atom stereocenters. The molecule has 3 aromatic rings. The molecule has 3 aromatic heterocycles. The maximum Gasteiger partial charge on any atom is 0.355 e. The van der Waals surface area contributed by atoms with Gasteiger partial charge in [-0.05, 0) is 46.6 Å². The maximum absolute atomic E-state index is 12.7. The Morgan fingerprint density at radius 2 is 1.94 bits per heavy atom. The highest BCUT2D eigenvalue weighted by atomic mass is 32.1. The minimum Gasteiger partial charge on any atom is -0.462 e. The normalized spacial score (nSPS) is 11.8. The number of hydrogen-bond acceptors (Lipinski definition) is 7. The van der Waals surface area contributed by atoms with Crippen molar-refractivity contribution in [3.63, 3.8) is 0 Å². The minimum atomic E-state index is -0.637. The topological polar surface area (TPSA) is 97.7 Å². The molecule has 0 amide bonds. The number of imidazole rings is 1. The van der Waals surface area contributed by atoms with Crippen molar-refractivity contribution in [1.29, 1.82) is 0 Å². The van der Waals surface area contributed by atoms with E-state index < -0.39 is 17.5 Å². The van der Waals surface area contributed by atoms with Crippen molar-refractivity contribution in [3.05, 3.63) is 45.5 Å². The fourth-order valence-corrected chi connectivity index (χ4v) is 4.22. The number of nitrogens with one attached hydrogen (secondary N) is 2. The van der Waals surface area contributed by atoms with Crippen LogP contribution in [0.4, 0.5) is 0 Å². The predicted octanol–water partition coefficient (Wildman–Crippen LogP) is 4.02. The van der Waals surface area contributed by atoms with Crippen molar-refractivity contribution in [3.8, 4) is 0 Å². The zero-order valence-electron chi connectivity index (χ0n) is 18.9. The van der Waals surface area contributed by atoms with Crippen LogP contribution in [0.1, 0.15) is 77.3 Å². The highest BCUT2D eigenvalue weighted by Gasteiger charge is 2.29. The largest absolute Gasteiger partial charge is 0.462 e. The monoisotopic (exact) mass is 446 g/mol. The number of aromatic nitrogens is 3. The molecule has 0 saturated heterocycles. The number of carbonyl (C=O) groups excluding carboxylic acids is 2. The smallest absolute Gasteiger partial charge is 0.355 e. The predicted molar refractivity (Wildman–Crippen MR) is 120 cm³/mol. The number of esters is 2. The average Bonchev–Trinajstić information content (AvgIpc) is 3.30. The van der Waals surface area contributed by atoms with Crippen molar-refractivity contribution in [2.45, 2.75) is 66.7 Å². The van der Waals surface area contributed by atoms with Crippen LogP contribution in [0.2, 0.25) is 0 Å². The highest BCUT2D eigenvalue weighted by molar-refractivity contribution is 7.16. The fraction of sp³-hybridized carbons (Fsp3) is 0.500. The van der Waals surface area contributed by atoms with Gasteiger partial charge in [0.15, 0.2) is 4.96 Å². The first kappa shape index (κ1) is 23.0. The van der Waals surface area contributed by atoms with Gasteiger partial charge in [0.2, 0.25) is 0 Å². The lowest BCUT2D eigenvalue weighted by atomic mass is 10.1. The molecule has 0 spiro atoms. The molecular formula is C22H30N4O4S. The van der Waals surface area contributed by atoms with Gasteiger partial charge in [-0.3, -0.25) is 4.40 Å². The Morgan fingerprint density at radius 1 is 1.19 bits per heavy atom. The molecule has 0 aliphatic heterocycles. The Hall–Kier alpha value is -2.65. The first-order valence-corrected chi connectivity index (χ1v) is 11.2. The molecule has 0 unspecified atom stereocenters. The summed E-state index contributed by atoms with van der Waals surface area (Å²) in [4.78, 5) is 35.3. The number of nitrogens with zero attached hydrogens (tertiary/aromatic N) is 2. The lowest BCUT2D eigenvalue weighted by molar-refractivity contribution is 0.00621. The summed E-state index contributed by atoms with van der Waals surface area (Å²) in [6.45, 7) is 12.3. The molecule has 0 bridgehead atoms. The number of hydrogen-bond donors (Lipinski definition) is 2. The molecule has 0 aromatic carbocycles. The summed E-state index contributed by atoms with van der Waals surface area (Å²) in [5.41, 5.74) is 2.19. The number of H-pyrrole nitrogens is 1. The number of thiazole rings is 1. The molecule has 31 heavy (non-hydrogen) atoms. The van der Waals surface area contributed by atoms with Crippen LogP contribution in [0.3, 0.4) is 0 Å². The quantitative estimate of drug-likeness (QED) is 0.507. The fourth-order valence-electron chi connectivity index (χ4n) is 3.40. The Morgan fingerprint density at radius 3 is 2.55 bits per heavy atom. The van der Waals surface area contributed by atoms with Crippen LogP contribution in [0.25, 0.3) is 4.96 Å². The highest BCUT2D eigenvalue weighted by Crippen LogP contribution is 2.24. The lowest BCUT2D eigenvalue weighted by Gasteiger charge is -2.19. The van der Waals surface area contributed by atoms with Gasteiger partial charge in [0, 0.05) is 36.1 Å². The molecule has 0 aliphatic carbocycles. The van der Waals surface area contributed by atoms with Crippen LogP contribution in [0.15, 0.2) is 12.4 Å². The van der Waals surface area contributed by atoms with E-state index >= 15 is 0 Å². The van der Waals surface area contributed by atoms with Gasteiger partial charge in [-0.15, -0.1) is 11.3 Å². The standard InChI is InChI=1S/C22H30N4O4S/c1-7-15-17(19(27)29-8-2)16(25-18(15)20(28)30-22(4,5)6)10-23-9-14-12-26-11-13(3)31-21(26)24-14/h11-12,23,25H,7-10H2,1-6H3. The van der Waals surface area contributed by atoms with E-state index in [2.05, 4.69) is 15.3 Å². The van der Waals surface area contributed by atoms with E-state index in [9.17, 15) is 9.59 Å². The second kappa shape index (κ2) is 9.23. The van der Waals surface area contributed by atoms with E-state index in [1.807, 2.05) is 51.4 Å². The Balaban J connectivity index is 1.83. The van der Waals surface area contributed by atoms with Crippen molar-refractivity contribution >= 4 is 28.2 Å². The van der Waals surface area contributed by atoms with Crippen molar-refractivity contribution < 1.29 is 19.1 Å². The third-order valence-corrected chi connectivity index (χ3v) is 5.46. The third-order valence-electron chi connectivity index (χ3n) is 4.55. The van der Waals surface area contributed by atoms with E-state index in [1.165, 1.54) is 4.88 Å². The van der Waals surface area contributed by atoms with E-state index in [0.29, 0.717) is 42.0 Å². The SMILES string of the molecule is CCOC(=O)c1c(CNCc2cn3cc(C)sc3n2)[nH]c(C(=O)OC(C)(C)C)c1CC. The van der Waals surface area contributed by atoms with E-state index in [0.717, 1.165) is 10.7 Å². The van der Waals surface area contributed by atoms with Gasteiger partial charge < -0.3 is 19.8 Å². The summed E-state index contributed by atoms with van der Waals surface area (Å²) >= 11 is 1.64. The first-order valence-electron chi connectivity index (χ1n) is 10.4. The number of aromatic amines is 1. The zero-order valence-corrected chi connectivity index (χ0v) is 19.7. The minimum absolute atomic E-state index is 0.257. The molecular weight excluding hydrogens is 416 g/mol. The zero-order chi connectivity index (χ0) is 22.8. The van der Waals surface area contributed by atoms with Gasteiger partial charge in [0.05, 0.1) is 17.9 Å². The van der Waals surface area contributed by atoms with Gasteiger partial charge in [-0.25, -0.2) is 14.6 Å². The van der Waals surface area contributed by atoms with Gasteiger partial charge in [-0.1, -0.05) is 6.92 Å². The molecule has 0 aliphatic rings. The van der Waals surface area contributed by atoms with E-state index in [4.69, 9.17) is 9.47 Å². The Labute approximate surface area is 186 Å². The van der Waals surface area contributed by atoms with E-state index in [1.54, 1.807) is 18.3 Å². The molecule has 3 rings (SSSR count). The number of aryl methyl sites for hydroxylation is 1. The van der Waals surface area contributed by atoms with Gasteiger partial charge >= 0.3 is 11.9 Å². The Bertz CT molecular complexity index is 1060. The molecule has 0 radical (unpaired) electrons. The molecule has 2 N–H and O–H groups in total. The summed E-state index contributed by atoms with van der Waals surface area (Å²) < 4.78 is 12.8. The summed E-state index contributed by atoms with van der Waals surface area (Å²) in [6.07, 6.45) is 4.52. The summed E-state index contributed by atoms with van der Waals surface area (Å²) in [5.74, 6) is -0.925. The van der Waals surface area contributed by atoms with Crippen molar-refractivity contribution in [2.24, 2.45) is 0 Å². The maximum atomic E-state index is 12.7. The van der Waals surface area contributed by atoms with Crippen LogP contribution < -0.4 is 5.32 Å². The lowest BCUT2D eigenvalue weighted by Crippen LogP contribution is -2.24. The molecule has 0 saturated carbocycles. The molecule has 8 nitrogen and oxygen atoms in total. The average molecular weight is 447 g/mol. The van der Waals surface area contributed by atoms with Crippen LogP contribution in [0.5, 0.6) is 0 Å². The van der Waals surface area contributed by atoms with E-state index in [-0.39, 0.29) is 6.61 Å². The van der Waals surface area contributed by atoms with Gasteiger partial charge in [-0.2, -0.15) is 0 Å². The molecule has 9 heteroatoms. The van der Waals surface area contributed by atoms with Crippen molar-refractivity contribution in [2.75, 3.05) is 6.61 Å². The summed E-state index contributed by atoms with van der Waals surface area (Å²) in [7, 11) is 0. The van der Waals surface area contributed by atoms with Gasteiger partial charge in [0.25, 0.3) is 0 Å². The summed E-state index contributed by atoms with van der Waals surface area (Å²) in [5, 5.41) is 3.31. The number of fused-ring (bicyclic) bond motifs is 1. The second-order valence-corrected chi connectivity index (χ2v) is 9.49. The van der Waals surface area contributed by atoms with Gasteiger partial charge in [0.1, 0.15) is 11.3 Å². The van der Waals surface area contributed by atoms with Crippen LogP contribution >= 0.6 is 11.3 Å². The molecule has 3 heterocycles. The molecule has 0 fully saturated rings. The number of carbonyl (C=O) groups is 2.